The van der Waals surface area contributed by atoms with Crippen LogP contribution in [-0.2, 0) is 14.4 Å². The molecule has 0 aliphatic heterocycles. The van der Waals surface area contributed by atoms with E-state index in [1.165, 1.54) is 0 Å². The van der Waals surface area contributed by atoms with E-state index in [1.807, 2.05) is 13.8 Å². The smallest absolute Gasteiger partial charge is 0.225 e. The third-order valence-electron chi connectivity index (χ3n) is 5.72. The Labute approximate surface area is 159 Å². The van der Waals surface area contributed by atoms with Gasteiger partial charge in [0.25, 0.3) is 0 Å². The van der Waals surface area contributed by atoms with E-state index in [0.29, 0.717) is 12.8 Å². The van der Waals surface area contributed by atoms with Crippen molar-refractivity contribution in [2.45, 2.75) is 77.3 Å². The molecular formula is C17H32B2N4O3. The maximum absolute atomic E-state index is 13.0. The zero-order valence-electron chi connectivity index (χ0n) is 16.8. The molecule has 4 unspecified atom stereocenters. The van der Waals surface area contributed by atoms with Crippen molar-refractivity contribution in [3.05, 3.63) is 0 Å². The van der Waals surface area contributed by atoms with E-state index in [2.05, 4.69) is 10.6 Å². The van der Waals surface area contributed by atoms with Crippen molar-refractivity contribution in [3.63, 3.8) is 0 Å². The van der Waals surface area contributed by atoms with Gasteiger partial charge in [-0.3, -0.25) is 19.7 Å². The van der Waals surface area contributed by atoms with E-state index in [-0.39, 0.29) is 18.1 Å². The van der Waals surface area contributed by atoms with Gasteiger partial charge in [0.15, 0.2) is 11.6 Å². The van der Waals surface area contributed by atoms with Gasteiger partial charge < -0.3 is 16.8 Å². The monoisotopic (exact) mass is 362 g/mol. The highest BCUT2D eigenvalue weighted by molar-refractivity contribution is 6.26. The van der Waals surface area contributed by atoms with Crippen LogP contribution in [0.2, 0.25) is 0 Å². The van der Waals surface area contributed by atoms with Crippen molar-refractivity contribution in [3.8, 4) is 0 Å². The molecule has 0 saturated heterocycles. The average Bonchev–Trinajstić information content (AvgIpc) is 2.56. The normalized spacial score (nSPS) is 19.0. The highest BCUT2D eigenvalue weighted by Gasteiger charge is 2.46. The second-order valence-electron chi connectivity index (χ2n) is 7.69. The Hall–Kier alpha value is -1.18. The average molecular weight is 362 g/mol. The Morgan fingerprint density at radius 1 is 1.04 bits per heavy atom. The third kappa shape index (κ3) is 5.41. The summed E-state index contributed by atoms with van der Waals surface area (Å²) in [4.78, 5) is 36.5. The second kappa shape index (κ2) is 9.15. The summed E-state index contributed by atoms with van der Waals surface area (Å²) in [5, 5.41) is 5.93. The van der Waals surface area contributed by atoms with E-state index >= 15 is 0 Å². The third-order valence-corrected chi connectivity index (χ3v) is 5.72. The molecule has 0 rings (SSSR count). The summed E-state index contributed by atoms with van der Waals surface area (Å²) in [7, 11) is 11.2. The lowest BCUT2D eigenvalue weighted by Crippen LogP contribution is -2.64. The first-order valence-corrected chi connectivity index (χ1v) is 8.85. The molecule has 4 atom stereocenters. The summed E-state index contributed by atoms with van der Waals surface area (Å²) in [5.74, 6) is -3.39. The molecule has 1 amide bonds. The number of amides is 1. The summed E-state index contributed by atoms with van der Waals surface area (Å²) in [6.45, 7) is 10.7. The first kappa shape index (κ1) is 24.8. The number of hydrogen-bond donors (Lipinski definition) is 4. The molecule has 0 fully saturated rings. The molecule has 26 heavy (non-hydrogen) atoms. The fraction of sp³-hybridized carbons (Fsp3) is 0.824. The van der Waals surface area contributed by atoms with Crippen LogP contribution in [0.1, 0.15) is 54.4 Å². The molecule has 0 aliphatic rings. The largest absolute Gasteiger partial charge is 0.369 e. The molecule has 0 aromatic carbocycles. The van der Waals surface area contributed by atoms with Gasteiger partial charge in [-0.15, -0.1) is 0 Å². The van der Waals surface area contributed by atoms with Crippen LogP contribution in [0.5, 0.6) is 0 Å². The van der Waals surface area contributed by atoms with Gasteiger partial charge in [-0.25, -0.2) is 0 Å². The first-order chi connectivity index (χ1) is 11.7. The number of nitrogens with two attached hydrogens (primary N) is 2. The minimum absolute atomic E-state index is 0.0515. The molecule has 0 aromatic heterocycles. The number of ketones is 2. The van der Waals surface area contributed by atoms with E-state index in [9.17, 15) is 14.4 Å². The zero-order valence-corrected chi connectivity index (χ0v) is 16.8. The molecule has 0 aliphatic carbocycles. The Morgan fingerprint density at radius 2 is 1.54 bits per heavy atom. The molecule has 0 bridgehead atoms. The summed E-state index contributed by atoms with van der Waals surface area (Å²) in [6.07, 6.45) is 0.924. The molecule has 6 N–H and O–H groups in total. The molecule has 0 heterocycles. The fourth-order valence-corrected chi connectivity index (χ4v) is 2.83. The Kier molecular flexibility index (Phi) is 8.73. The predicted octanol–water partition coefficient (Wildman–Crippen LogP) is -0.899. The number of nitrogens with one attached hydrogen (secondary N) is 2. The van der Waals surface area contributed by atoms with Crippen molar-refractivity contribution >= 4 is 33.2 Å². The van der Waals surface area contributed by atoms with Crippen LogP contribution in [0.15, 0.2) is 0 Å². The van der Waals surface area contributed by atoms with Gasteiger partial charge >= 0.3 is 0 Å². The van der Waals surface area contributed by atoms with Crippen LogP contribution in [-0.4, -0.2) is 62.7 Å². The molecule has 9 heteroatoms. The molecule has 0 spiro atoms. The lowest BCUT2D eigenvalue weighted by atomic mass is 9.66. The van der Waals surface area contributed by atoms with Crippen LogP contribution in [0.4, 0.5) is 0 Å². The van der Waals surface area contributed by atoms with Crippen molar-refractivity contribution in [2.75, 3.05) is 6.54 Å². The number of carbonyl (C=O) groups is 3. The highest BCUT2D eigenvalue weighted by atomic mass is 16.1. The summed E-state index contributed by atoms with van der Waals surface area (Å²) < 4.78 is 0. The molecule has 7 nitrogen and oxygen atoms in total. The van der Waals surface area contributed by atoms with Gasteiger partial charge in [0.2, 0.25) is 5.91 Å². The molecule has 0 aromatic rings. The van der Waals surface area contributed by atoms with Gasteiger partial charge in [-0.05, 0) is 33.6 Å². The quantitative estimate of drug-likeness (QED) is 0.333. The maximum Gasteiger partial charge on any atom is 0.225 e. The van der Waals surface area contributed by atoms with E-state index in [1.54, 1.807) is 27.7 Å². The van der Waals surface area contributed by atoms with Crippen LogP contribution in [0.25, 0.3) is 0 Å². The van der Waals surface area contributed by atoms with Crippen LogP contribution in [0.3, 0.4) is 0 Å². The topological polar surface area (TPSA) is 127 Å². The minimum atomic E-state index is -1.12. The Balaban J connectivity index is 5.40. The van der Waals surface area contributed by atoms with Gasteiger partial charge in [0.05, 0.1) is 12.1 Å². The molecule has 0 saturated carbocycles. The minimum Gasteiger partial charge on any atom is -0.369 e. The van der Waals surface area contributed by atoms with Crippen LogP contribution < -0.4 is 22.1 Å². The Bertz CT molecular complexity index is 542. The number of primary amides is 1. The van der Waals surface area contributed by atoms with E-state index in [4.69, 9.17) is 27.2 Å². The van der Waals surface area contributed by atoms with Crippen LogP contribution in [0, 0.1) is 5.41 Å². The summed E-state index contributed by atoms with van der Waals surface area (Å²) >= 11 is 0. The van der Waals surface area contributed by atoms with E-state index < -0.39 is 34.3 Å². The van der Waals surface area contributed by atoms with Crippen molar-refractivity contribution in [1.29, 1.82) is 0 Å². The highest BCUT2D eigenvalue weighted by Crippen LogP contribution is 2.36. The predicted molar refractivity (Wildman–Crippen MR) is 105 cm³/mol. The number of hydrogen-bond acceptors (Lipinski definition) is 6. The second-order valence-corrected chi connectivity index (χ2v) is 7.69. The van der Waals surface area contributed by atoms with Crippen molar-refractivity contribution in [1.82, 2.24) is 10.6 Å². The summed E-state index contributed by atoms with van der Waals surface area (Å²) in [6, 6.07) is 0. The number of Topliss-reactive ketones (excluding diaryl/α,β-unsaturated/α-hetero) is 2. The van der Waals surface area contributed by atoms with Gasteiger partial charge in [-0.1, -0.05) is 20.8 Å². The van der Waals surface area contributed by atoms with E-state index in [0.717, 1.165) is 0 Å². The molecule has 144 valence electrons. The fourth-order valence-electron chi connectivity index (χ4n) is 2.83. The number of carbonyl (C=O) groups excluding carboxylic acids is 3. The Morgan fingerprint density at radius 3 is 1.88 bits per heavy atom. The van der Waals surface area contributed by atoms with Gasteiger partial charge in [0, 0.05) is 22.8 Å². The summed E-state index contributed by atoms with van der Waals surface area (Å²) in [5.41, 5.74) is 8.04. The van der Waals surface area contributed by atoms with Gasteiger partial charge in [-0.2, -0.15) is 0 Å². The van der Waals surface area contributed by atoms with Crippen molar-refractivity contribution in [2.24, 2.45) is 16.9 Å². The standard InChI is InChI=1S/C17H32B2N4O3/c1-7-16(5,15(3,4)23-13(19)14(21)26)10(24)9-22-17(6,8-2)11(25)12(18)20/h12-13,22-23H,7-9,20H2,1-6H3,(H2,21,26). The lowest BCUT2D eigenvalue weighted by molar-refractivity contribution is -0.133. The zero-order chi connectivity index (χ0) is 20.9. The van der Waals surface area contributed by atoms with Crippen molar-refractivity contribution < 1.29 is 14.4 Å². The molecular weight excluding hydrogens is 330 g/mol. The lowest BCUT2D eigenvalue weighted by Gasteiger charge is -2.45. The maximum atomic E-state index is 13.0. The number of rotatable bonds is 12. The van der Waals surface area contributed by atoms with Gasteiger partial charge in [0.1, 0.15) is 15.7 Å². The first-order valence-electron chi connectivity index (χ1n) is 8.85. The molecule has 4 radical (unpaired) electrons. The SMILES string of the molecule is [B]C(N)C(=O)C(C)(CC)NCC(=O)C(C)(CC)C(C)(C)NC([B])C(N)=O. The van der Waals surface area contributed by atoms with Crippen LogP contribution >= 0.6 is 0 Å².